The van der Waals surface area contributed by atoms with Gasteiger partial charge in [0.15, 0.2) is 0 Å². The molecule has 0 aliphatic rings. The molecule has 168 valence electrons. The number of carbonyl (C=O) groups excluding carboxylic acids is 1. The summed E-state index contributed by atoms with van der Waals surface area (Å²) in [6, 6.07) is 14.7. The monoisotopic (exact) mass is 481 g/mol. The van der Waals surface area contributed by atoms with Gasteiger partial charge >= 0.3 is 0 Å². The normalized spacial score (nSPS) is 10.9. The number of amides is 1. The molecule has 0 radical (unpaired) electrons. The zero-order valence-electron chi connectivity index (χ0n) is 17.8. The molecule has 2 aromatic heterocycles. The average Bonchev–Trinajstić information content (AvgIpc) is 2.81. The fourth-order valence-corrected chi connectivity index (χ4v) is 3.78. The van der Waals surface area contributed by atoms with E-state index in [4.69, 9.17) is 23.2 Å². The summed E-state index contributed by atoms with van der Waals surface area (Å²) in [7, 11) is 0. The Bertz CT molecular complexity index is 1370. The first kappa shape index (κ1) is 22.8. The number of anilines is 1. The minimum atomic E-state index is -0.248. The third kappa shape index (κ3) is 5.32. The van der Waals surface area contributed by atoms with Crippen LogP contribution in [0.15, 0.2) is 65.7 Å². The van der Waals surface area contributed by atoms with Gasteiger partial charge in [0.25, 0.3) is 5.56 Å². The molecule has 0 aliphatic carbocycles. The van der Waals surface area contributed by atoms with Gasteiger partial charge in [0.1, 0.15) is 5.69 Å². The highest BCUT2D eigenvalue weighted by Crippen LogP contribution is 2.24. The topological polar surface area (TPSA) is 88.9 Å². The number of aromatic nitrogens is 3. The number of pyridine rings is 1. The molecule has 0 fully saturated rings. The van der Waals surface area contributed by atoms with E-state index < -0.39 is 0 Å². The van der Waals surface area contributed by atoms with Crippen molar-refractivity contribution in [3.63, 3.8) is 0 Å². The number of rotatable bonds is 7. The van der Waals surface area contributed by atoms with Gasteiger partial charge < -0.3 is 15.2 Å². The van der Waals surface area contributed by atoms with Crippen molar-refractivity contribution in [2.24, 2.45) is 0 Å². The average molecular weight is 482 g/mol. The minimum absolute atomic E-state index is 0.155. The van der Waals surface area contributed by atoms with Crippen molar-refractivity contribution in [3.05, 3.63) is 86.9 Å². The fraction of sp³-hybridized carbons (Fsp3) is 0.167. The van der Waals surface area contributed by atoms with Crippen LogP contribution in [0.1, 0.15) is 12.5 Å². The van der Waals surface area contributed by atoms with Crippen molar-refractivity contribution in [1.29, 1.82) is 0 Å². The molecule has 33 heavy (non-hydrogen) atoms. The molecule has 2 heterocycles. The van der Waals surface area contributed by atoms with E-state index in [2.05, 4.69) is 20.6 Å². The van der Waals surface area contributed by atoms with Gasteiger partial charge in [-0.25, -0.2) is 4.98 Å². The molecule has 9 heteroatoms. The van der Waals surface area contributed by atoms with Gasteiger partial charge in [-0.2, -0.15) is 0 Å². The van der Waals surface area contributed by atoms with Crippen molar-refractivity contribution in [3.8, 4) is 11.3 Å². The summed E-state index contributed by atoms with van der Waals surface area (Å²) in [5.74, 6) is -0.155. The van der Waals surface area contributed by atoms with E-state index in [0.717, 1.165) is 11.3 Å². The van der Waals surface area contributed by atoms with E-state index in [1.807, 2.05) is 30.3 Å². The Hall–Kier alpha value is -3.42. The maximum atomic E-state index is 13.3. The Labute approximate surface area is 200 Å². The second-order valence-electron chi connectivity index (χ2n) is 7.45. The third-order valence-electron chi connectivity index (χ3n) is 5.07. The van der Waals surface area contributed by atoms with Crippen LogP contribution < -0.4 is 16.2 Å². The smallest absolute Gasteiger partial charge is 0.277 e. The summed E-state index contributed by atoms with van der Waals surface area (Å²) in [4.78, 5) is 33.4. The summed E-state index contributed by atoms with van der Waals surface area (Å²) in [6.45, 7) is 2.60. The van der Waals surface area contributed by atoms with Crippen LogP contribution in [0.25, 0.3) is 22.3 Å². The van der Waals surface area contributed by atoms with Gasteiger partial charge in [-0.1, -0.05) is 29.3 Å². The highest BCUT2D eigenvalue weighted by atomic mass is 35.5. The molecule has 1 amide bonds. The van der Waals surface area contributed by atoms with Gasteiger partial charge in [0, 0.05) is 50.2 Å². The van der Waals surface area contributed by atoms with Crippen molar-refractivity contribution in [2.45, 2.75) is 20.0 Å². The summed E-state index contributed by atoms with van der Waals surface area (Å²) in [5, 5.41) is 7.09. The second kappa shape index (κ2) is 10.0. The Balaban J connectivity index is 1.71. The van der Waals surface area contributed by atoms with Crippen LogP contribution in [-0.2, 0) is 17.9 Å². The Morgan fingerprint density at radius 3 is 2.67 bits per heavy atom. The number of halogens is 2. The highest BCUT2D eigenvalue weighted by molar-refractivity contribution is 6.42. The lowest BCUT2D eigenvalue weighted by Crippen LogP contribution is -2.31. The minimum Gasteiger partial charge on any atom is -0.381 e. The number of hydrogen-bond donors (Lipinski definition) is 2. The summed E-state index contributed by atoms with van der Waals surface area (Å²) in [5.41, 5.74) is 3.82. The molecule has 0 bridgehead atoms. The molecule has 2 N–H and O–H groups in total. The first-order chi connectivity index (χ1) is 15.9. The molecule has 0 saturated carbocycles. The second-order valence-corrected chi connectivity index (χ2v) is 8.26. The summed E-state index contributed by atoms with van der Waals surface area (Å²) >= 11 is 12.1. The SMILES string of the molecule is CC(=O)NCCn1c(=O)c(-c2cccnc2)nc2ccc(NCc3ccc(Cl)c(Cl)c3)cc21. The number of benzene rings is 2. The van der Waals surface area contributed by atoms with Crippen LogP contribution in [0, 0.1) is 0 Å². The van der Waals surface area contributed by atoms with Crippen LogP contribution in [-0.4, -0.2) is 27.0 Å². The van der Waals surface area contributed by atoms with E-state index >= 15 is 0 Å². The lowest BCUT2D eigenvalue weighted by molar-refractivity contribution is -0.118. The Morgan fingerprint density at radius 1 is 1.09 bits per heavy atom. The lowest BCUT2D eigenvalue weighted by Gasteiger charge is -2.14. The maximum absolute atomic E-state index is 13.3. The van der Waals surface area contributed by atoms with E-state index in [0.29, 0.717) is 52.0 Å². The molecule has 0 saturated heterocycles. The van der Waals surface area contributed by atoms with Gasteiger partial charge in [-0.15, -0.1) is 0 Å². The predicted molar refractivity (Wildman–Crippen MR) is 132 cm³/mol. The van der Waals surface area contributed by atoms with Crippen LogP contribution in [0.3, 0.4) is 0 Å². The molecule has 0 unspecified atom stereocenters. The number of fused-ring (bicyclic) bond motifs is 1. The van der Waals surface area contributed by atoms with Crippen molar-refractivity contribution >= 4 is 45.8 Å². The van der Waals surface area contributed by atoms with Crippen molar-refractivity contribution in [2.75, 3.05) is 11.9 Å². The molecule has 2 aromatic carbocycles. The van der Waals surface area contributed by atoms with Crippen LogP contribution in [0.2, 0.25) is 10.0 Å². The molecular formula is C24H21Cl2N5O2. The number of nitrogens with one attached hydrogen (secondary N) is 2. The van der Waals surface area contributed by atoms with Crippen molar-refractivity contribution < 1.29 is 4.79 Å². The molecule has 4 rings (SSSR count). The van der Waals surface area contributed by atoms with Crippen molar-refractivity contribution in [1.82, 2.24) is 19.9 Å². The fourth-order valence-electron chi connectivity index (χ4n) is 3.46. The standard InChI is InChI=1S/C24H21Cl2N5O2/c1-15(32)28-9-10-31-22-12-18(29-13-16-4-6-19(25)20(26)11-16)5-7-21(22)30-23(24(31)33)17-3-2-8-27-14-17/h2-8,11-12,14,29H,9-10,13H2,1H3,(H,28,32). The van der Waals surface area contributed by atoms with Gasteiger partial charge in [0.2, 0.25) is 5.91 Å². The summed E-state index contributed by atoms with van der Waals surface area (Å²) in [6.07, 6.45) is 3.26. The van der Waals surface area contributed by atoms with E-state index in [9.17, 15) is 9.59 Å². The van der Waals surface area contributed by atoms with Crippen LogP contribution >= 0.6 is 23.2 Å². The van der Waals surface area contributed by atoms with E-state index in [1.54, 1.807) is 35.2 Å². The van der Waals surface area contributed by atoms with Crippen LogP contribution in [0.5, 0.6) is 0 Å². The lowest BCUT2D eigenvalue weighted by atomic mass is 10.1. The highest BCUT2D eigenvalue weighted by Gasteiger charge is 2.14. The first-order valence-corrected chi connectivity index (χ1v) is 11.0. The molecule has 4 aromatic rings. The van der Waals surface area contributed by atoms with E-state index in [-0.39, 0.29) is 11.5 Å². The molecule has 0 atom stereocenters. The van der Waals surface area contributed by atoms with Gasteiger partial charge in [-0.3, -0.25) is 14.6 Å². The zero-order chi connectivity index (χ0) is 23.4. The first-order valence-electron chi connectivity index (χ1n) is 10.3. The van der Waals surface area contributed by atoms with Gasteiger partial charge in [0.05, 0.1) is 21.1 Å². The largest absolute Gasteiger partial charge is 0.381 e. The number of nitrogens with zero attached hydrogens (tertiary/aromatic N) is 3. The van der Waals surface area contributed by atoms with Crippen LogP contribution in [0.4, 0.5) is 5.69 Å². The van der Waals surface area contributed by atoms with Gasteiger partial charge in [-0.05, 0) is 48.0 Å². The quantitative estimate of drug-likeness (QED) is 0.405. The Kier molecular flexibility index (Phi) is 6.91. The number of carbonyl (C=O) groups is 1. The maximum Gasteiger partial charge on any atom is 0.277 e. The predicted octanol–water partition coefficient (Wildman–Crippen LogP) is 4.51. The summed E-state index contributed by atoms with van der Waals surface area (Å²) < 4.78 is 1.63. The third-order valence-corrected chi connectivity index (χ3v) is 5.81. The molecular weight excluding hydrogens is 461 g/mol. The molecule has 7 nitrogen and oxygen atoms in total. The zero-order valence-corrected chi connectivity index (χ0v) is 19.3. The number of hydrogen-bond acceptors (Lipinski definition) is 5. The molecule has 0 aliphatic heterocycles. The Morgan fingerprint density at radius 2 is 1.94 bits per heavy atom. The van der Waals surface area contributed by atoms with E-state index in [1.165, 1.54) is 6.92 Å². The molecule has 0 spiro atoms.